The molecule has 5 heteroatoms. The monoisotopic (exact) mass is 322 g/mol. The van der Waals surface area contributed by atoms with Crippen LogP contribution in [0.5, 0.6) is 0 Å². The Morgan fingerprint density at radius 1 is 1.37 bits per heavy atom. The fraction of sp³-hybridized carbons (Fsp3) is 0.429. The molecule has 1 atom stereocenters. The molecule has 1 unspecified atom stereocenters. The summed E-state index contributed by atoms with van der Waals surface area (Å²) in [6.07, 6.45) is 7.60. The first-order valence-corrected chi connectivity index (χ1v) is 7.31. The number of aryl methyl sites for hydroxylation is 1. The fourth-order valence-corrected chi connectivity index (χ4v) is 2.26. The summed E-state index contributed by atoms with van der Waals surface area (Å²) < 4.78 is 3.07. The molecule has 4 nitrogen and oxygen atoms in total. The fourth-order valence-electron chi connectivity index (χ4n) is 2.02. The molecular weight excluding hydrogens is 304 g/mol. The predicted octanol–water partition coefficient (Wildman–Crippen LogP) is 2.86. The number of hydrogen-bond donors (Lipinski definition) is 1. The summed E-state index contributed by atoms with van der Waals surface area (Å²) in [5.74, 6) is 1.05. The molecule has 0 aromatic carbocycles. The quantitative estimate of drug-likeness (QED) is 0.889. The number of nitrogens with one attached hydrogen (secondary N) is 1. The zero-order chi connectivity index (χ0) is 13.7. The van der Waals surface area contributed by atoms with E-state index in [2.05, 4.69) is 42.7 Å². The molecule has 2 aromatic heterocycles. The standard InChI is InChI=1S/C14H19BrN4/c1-3-6-16-13(14-17-7-8-19(14)2)9-12-5-4-11(15)10-18-12/h4-5,7-8,10,13,16H,3,6,9H2,1-2H3. The highest BCUT2D eigenvalue weighted by Gasteiger charge is 2.16. The first-order chi connectivity index (χ1) is 9.20. The van der Waals surface area contributed by atoms with Crippen LogP contribution in [0, 0.1) is 0 Å². The van der Waals surface area contributed by atoms with Crippen LogP contribution < -0.4 is 5.32 Å². The van der Waals surface area contributed by atoms with Gasteiger partial charge in [-0.2, -0.15) is 0 Å². The van der Waals surface area contributed by atoms with Crippen LogP contribution in [0.1, 0.15) is 30.9 Å². The number of rotatable bonds is 6. The van der Waals surface area contributed by atoms with Gasteiger partial charge in [-0.25, -0.2) is 4.98 Å². The molecule has 2 aromatic rings. The van der Waals surface area contributed by atoms with Crippen LogP contribution in [0.2, 0.25) is 0 Å². The number of halogens is 1. The molecule has 2 rings (SSSR count). The molecule has 0 saturated carbocycles. The van der Waals surface area contributed by atoms with Gasteiger partial charge in [-0.1, -0.05) is 6.92 Å². The van der Waals surface area contributed by atoms with Crippen molar-refractivity contribution in [3.8, 4) is 0 Å². The highest BCUT2D eigenvalue weighted by Crippen LogP contribution is 2.17. The molecular formula is C14H19BrN4. The van der Waals surface area contributed by atoms with Crippen LogP contribution in [-0.2, 0) is 13.5 Å². The molecule has 1 N–H and O–H groups in total. The summed E-state index contributed by atoms with van der Waals surface area (Å²) in [6, 6.07) is 4.28. The van der Waals surface area contributed by atoms with Gasteiger partial charge in [-0.05, 0) is 41.0 Å². The maximum absolute atomic E-state index is 4.45. The van der Waals surface area contributed by atoms with Crippen LogP contribution in [-0.4, -0.2) is 21.1 Å². The smallest absolute Gasteiger partial charge is 0.125 e. The lowest BCUT2D eigenvalue weighted by atomic mass is 10.1. The minimum Gasteiger partial charge on any atom is -0.337 e. The second-order valence-electron chi connectivity index (χ2n) is 4.57. The van der Waals surface area contributed by atoms with Gasteiger partial charge in [0.1, 0.15) is 5.82 Å². The lowest BCUT2D eigenvalue weighted by Gasteiger charge is -2.18. The van der Waals surface area contributed by atoms with E-state index in [1.54, 1.807) is 0 Å². The summed E-state index contributed by atoms with van der Waals surface area (Å²) in [4.78, 5) is 8.89. The Kier molecular flexibility index (Phi) is 5.10. The Morgan fingerprint density at radius 3 is 2.79 bits per heavy atom. The molecule has 0 fully saturated rings. The van der Waals surface area contributed by atoms with Crippen LogP contribution in [0.4, 0.5) is 0 Å². The van der Waals surface area contributed by atoms with Gasteiger partial charge in [0.2, 0.25) is 0 Å². The van der Waals surface area contributed by atoms with Crippen LogP contribution in [0.3, 0.4) is 0 Å². The van der Waals surface area contributed by atoms with Crippen molar-refractivity contribution in [2.45, 2.75) is 25.8 Å². The maximum Gasteiger partial charge on any atom is 0.125 e. The largest absolute Gasteiger partial charge is 0.337 e. The number of aromatic nitrogens is 3. The zero-order valence-electron chi connectivity index (χ0n) is 11.3. The van der Waals surface area contributed by atoms with E-state index in [1.807, 2.05) is 37.8 Å². The highest BCUT2D eigenvalue weighted by atomic mass is 79.9. The summed E-state index contributed by atoms with van der Waals surface area (Å²) in [5, 5.41) is 3.54. The average molecular weight is 323 g/mol. The van der Waals surface area contributed by atoms with Gasteiger partial charge in [0.25, 0.3) is 0 Å². The average Bonchev–Trinajstić information content (AvgIpc) is 2.83. The van der Waals surface area contributed by atoms with E-state index in [-0.39, 0.29) is 6.04 Å². The van der Waals surface area contributed by atoms with E-state index >= 15 is 0 Å². The Hall–Kier alpha value is -1.20. The van der Waals surface area contributed by atoms with Gasteiger partial charge in [0, 0.05) is 42.2 Å². The maximum atomic E-state index is 4.45. The van der Waals surface area contributed by atoms with Crippen LogP contribution in [0.15, 0.2) is 35.2 Å². The number of hydrogen-bond acceptors (Lipinski definition) is 3. The van der Waals surface area contributed by atoms with Crippen molar-refractivity contribution in [1.29, 1.82) is 0 Å². The van der Waals surface area contributed by atoms with Gasteiger partial charge in [0.15, 0.2) is 0 Å². The Labute approximate surface area is 122 Å². The SMILES string of the molecule is CCCNC(Cc1ccc(Br)cn1)c1nccn1C. The van der Waals surface area contributed by atoms with Gasteiger partial charge >= 0.3 is 0 Å². The molecule has 102 valence electrons. The Morgan fingerprint density at radius 2 is 2.21 bits per heavy atom. The molecule has 0 spiro atoms. The van der Waals surface area contributed by atoms with Gasteiger partial charge in [-0.3, -0.25) is 4.98 Å². The summed E-state index contributed by atoms with van der Waals surface area (Å²) in [7, 11) is 2.03. The van der Waals surface area contributed by atoms with Crippen molar-refractivity contribution in [1.82, 2.24) is 19.9 Å². The Bertz CT molecular complexity index is 506. The topological polar surface area (TPSA) is 42.7 Å². The van der Waals surface area contributed by atoms with Crippen LogP contribution >= 0.6 is 15.9 Å². The molecule has 0 radical (unpaired) electrons. The molecule has 19 heavy (non-hydrogen) atoms. The first kappa shape index (κ1) is 14.2. The van der Waals surface area contributed by atoms with E-state index < -0.39 is 0 Å². The predicted molar refractivity (Wildman–Crippen MR) is 79.9 cm³/mol. The molecule has 0 aliphatic carbocycles. The summed E-state index contributed by atoms with van der Waals surface area (Å²) in [5.41, 5.74) is 1.07. The van der Waals surface area contributed by atoms with E-state index in [0.29, 0.717) is 0 Å². The summed E-state index contributed by atoms with van der Waals surface area (Å²) >= 11 is 3.41. The molecule has 0 amide bonds. The van der Waals surface area contributed by atoms with Crippen molar-refractivity contribution < 1.29 is 0 Å². The van der Waals surface area contributed by atoms with E-state index in [9.17, 15) is 0 Å². The minimum absolute atomic E-state index is 0.202. The third kappa shape index (κ3) is 3.88. The van der Waals surface area contributed by atoms with E-state index in [0.717, 1.165) is 35.4 Å². The molecule has 2 heterocycles. The zero-order valence-corrected chi connectivity index (χ0v) is 12.9. The molecule has 0 aliphatic heterocycles. The van der Waals surface area contributed by atoms with E-state index in [4.69, 9.17) is 0 Å². The first-order valence-electron chi connectivity index (χ1n) is 6.51. The normalized spacial score (nSPS) is 12.6. The van der Waals surface area contributed by atoms with Crippen molar-refractivity contribution >= 4 is 15.9 Å². The van der Waals surface area contributed by atoms with Gasteiger partial charge in [0.05, 0.1) is 6.04 Å². The van der Waals surface area contributed by atoms with Crippen LogP contribution in [0.25, 0.3) is 0 Å². The lowest BCUT2D eigenvalue weighted by molar-refractivity contribution is 0.487. The number of nitrogens with zero attached hydrogens (tertiary/aromatic N) is 3. The third-order valence-corrected chi connectivity index (χ3v) is 3.48. The van der Waals surface area contributed by atoms with E-state index in [1.165, 1.54) is 0 Å². The molecule has 0 saturated heterocycles. The van der Waals surface area contributed by atoms with Crippen molar-refractivity contribution in [3.63, 3.8) is 0 Å². The number of imidazole rings is 1. The molecule has 0 bridgehead atoms. The number of pyridine rings is 1. The molecule has 0 aliphatic rings. The van der Waals surface area contributed by atoms with Crippen molar-refractivity contribution in [3.05, 3.63) is 46.7 Å². The third-order valence-electron chi connectivity index (χ3n) is 3.01. The second-order valence-corrected chi connectivity index (χ2v) is 5.49. The van der Waals surface area contributed by atoms with Crippen molar-refractivity contribution in [2.24, 2.45) is 7.05 Å². The van der Waals surface area contributed by atoms with Gasteiger partial charge in [-0.15, -0.1) is 0 Å². The van der Waals surface area contributed by atoms with Gasteiger partial charge < -0.3 is 9.88 Å². The lowest BCUT2D eigenvalue weighted by Crippen LogP contribution is -2.26. The van der Waals surface area contributed by atoms with Crippen molar-refractivity contribution in [2.75, 3.05) is 6.54 Å². The minimum atomic E-state index is 0.202. The highest BCUT2D eigenvalue weighted by molar-refractivity contribution is 9.10. The second kappa shape index (κ2) is 6.82. The summed E-state index contributed by atoms with van der Waals surface area (Å²) in [6.45, 7) is 3.15. The Balaban J connectivity index is 2.14.